The second kappa shape index (κ2) is 7.57. The SMILES string of the molecule is C[C@@H]1CN(C2CCOCC2)CCN1C(=O)Cc1cc(F)ccc1F. The van der Waals surface area contributed by atoms with E-state index in [1.807, 2.05) is 6.92 Å². The Bertz CT molecular complexity index is 590. The maximum Gasteiger partial charge on any atom is 0.227 e. The van der Waals surface area contributed by atoms with E-state index in [1.54, 1.807) is 4.90 Å². The lowest BCUT2D eigenvalue weighted by Crippen LogP contribution is -2.57. The summed E-state index contributed by atoms with van der Waals surface area (Å²) in [6.07, 6.45) is 1.98. The molecule has 2 heterocycles. The van der Waals surface area contributed by atoms with E-state index in [2.05, 4.69) is 4.90 Å². The van der Waals surface area contributed by atoms with Crippen LogP contribution >= 0.6 is 0 Å². The number of nitrogens with zero attached hydrogens (tertiary/aromatic N) is 2. The Morgan fingerprint density at radius 1 is 1.25 bits per heavy atom. The standard InChI is InChI=1S/C18H24F2N2O2/c1-13-12-21(16-4-8-24-9-5-16)6-7-22(13)18(23)11-14-10-15(19)2-3-17(14)20/h2-3,10,13,16H,4-9,11-12H2,1H3/t13-/m1/s1. The van der Waals surface area contributed by atoms with Gasteiger partial charge in [-0.2, -0.15) is 0 Å². The van der Waals surface area contributed by atoms with Gasteiger partial charge in [-0.05, 0) is 38.0 Å². The number of halogens is 2. The van der Waals surface area contributed by atoms with E-state index in [4.69, 9.17) is 4.74 Å². The third-order valence-corrected chi connectivity index (χ3v) is 5.04. The third kappa shape index (κ3) is 3.92. The number of piperazine rings is 1. The van der Waals surface area contributed by atoms with Crippen molar-refractivity contribution in [3.63, 3.8) is 0 Å². The van der Waals surface area contributed by atoms with Crippen molar-refractivity contribution in [3.8, 4) is 0 Å². The number of hydrogen-bond acceptors (Lipinski definition) is 3. The highest BCUT2D eigenvalue weighted by Crippen LogP contribution is 2.20. The lowest BCUT2D eigenvalue weighted by molar-refractivity contribution is -0.135. The minimum Gasteiger partial charge on any atom is -0.381 e. The van der Waals surface area contributed by atoms with E-state index < -0.39 is 11.6 Å². The Morgan fingerprint density at radius 2 is 2.00 bits per heavy atom. The minimum atomic E-state index is -0.529. The average molecular weight is 338 g/mol. The molecule has 2 aliphatic rings. The first-order valence-electron chi connectivity index (χ1n) is 8.60. The van der Waals surface area contributed by atoms with Crippen LogP contribution in [0.1, 0.15) is 25.3 Å². The maximum absolute atomic E-state index is 13.7. The highest BCUT2D eigenvalue weighted by Gasteiger charge is 2.31. The predicted molar refractivity (Wildman–Crippen MR) is 86.7 cm³/mol. The first kappa shape index (κ1) is 17.3. The average Bonchev–Trinajstić information content (AvgIpc) is 2.58. The van der Waals surface area contributed by atoms with E-state index in [0.717, 1.165) is 57.3 Å². The zero-order valence-corrected chi connectivity index (χ0v) is 14.0. The molecule has 0 N–H and O–H groups in total. The Hall–Kier alpha value is -1.53. The van der Waals surface area contributed by atoms with Crippen molar-refractivity contribution in [3.05, 3.63) is 35.4 Å². The molecule has 2 saturated heterocycles. The molecule has 132 valence electrons. The zero-order chi connectivity index (χ0) is 17.1. The van der Waals surface area contributed by atoms with E-state index in [-0.39, 0.29) is 23.9 Å². The third-order valence-electron chi connectivity index (χ3n) is 5.04. The van der Waals surface area contributed by atoms with Crippen LogP contribution in [-0.4, -0.2) is 60.6 Å². The van der Waals surface area contributed by atoms with Crippen LogP contribution in [0.3, 0.4) is 0 Å². The summed E-state index contributed by atoms with van der Waals surface area (Å²) in [6, 6.07) is 3.85. The summed E-state index contributed by atoms with van der Waals surface area (Å²) in [6.45, 7) is 5.90. The summed E-state index contributed by atoms with van der Waals surface area (Å²) in [5, 5.41) is 0. The molecule has 0 aromatic heterocycles. The molecule has 24 heavy (non-hydrogen) atoms. The Balaban J connectivity index is 1.59. The van der Waals surface area contributed by atoms with Crippen LogP contribution < -0.4 is 0 Å². The van der Waals surface area contributed by atoms with Gasteiger partial charge in [0.2, 0.25) is 5.91 Å². The summed E-state index contributed by atoms with van der Waals surface area (Å²) >= 11 is 0. The summed E-state index contributed by atoms with van der Waals surface area (Å²) in [5.41, 5.74) is 0.124. The van der Waals surface area contributed by atoms with Gasteiger partial charge in [-0.25, -0.2) is 8.78 Å². The van der Waals surface area contributed by atoms with E-state index in [1.165, 1.54) is 0 Å². The molecule has 1 aromatic rings. The molecule has 0 radical (unpaired) electrons. The van der Waals surface area contributed by atoms with Gasteiger partial charge in [-0.1, -0.05) is 0 Å². The normalized spacial score (nSPS) is 23.5. The second-order valence-electron chi connectivity index (χ2n) is 6.69. The number of amides is 1. The highest BCUT2D eigenvalue weighted by molar-refractivity contribution is 5.79. The quantitative estimate of drug-likeness (QED) is 0.847. The molecule has 0 bridgehead atoms. The topological polar surface area (TPSA) is 32.8 Å². The van der Waals surface area contributed by atoms with Gasteiger partial charge in [0.25, 0.3) is 0 Å². The molecular weight excluding hydrogens is 314 g/mol. The van der Waals surface area contributed by atoms with Crippen molar-refractivity contribution in [1.29, 1.82) is 0 Å². The molecule has 1 amide bonds. The van der Waals surface area contributed by atoms with Gasteiger partial charge in [-0.15, -0.1) is 0 Å². The first-order chi connectivity index (χ1) is 11.5. The number of rotatable bonds is 3. The number of carbonyl (C=O) groups excluding carboxylic acids is 1. The van der Waals surface area contributed by atoms with Gasteiger partial charge in [0.05, 0.1) is 6.42 Å². The molecule has 1 atom stereocenters. The fourth-order valence-corrected chi connectivity index (χ4v) is 3.68. The van der Waals surface area contributed by atoms with Crippen molar-refractivity contribution in [2.45, 2.75) is 38.3 Å². The van der Waals surface area contributed by atoms with Gasteiger partial charge in [0, 0.05) is 50.5 Å². The molecule has 6 heteroatoms. The van der Waals surface area contributed by atoms with Gasteiger partial charge < -0.3 is 9.64 Å². The Kier molecular flexibility index (Phi) is 5.46. The van der Waals surface area contributed by atoms with Crippen LogP contribution in [0.25, 0.3) is 0 Å². The summed E-state index contributed by atoms with van der Waals surface area (Å²) in [4.78, 5) is 16.7. The fourth-order valence-electron chi connectivity index (χ4n) is 3.68. The van der Waals surface area contributed by atoms with Crippen LogP contribution in [0.4, 0.5) is 8.78 Å². The molecule has 3 rings (SSSR count). The van der Waals surface area contributed by atoms with E-state index >= 15 is 0 Å². The van der Waals surface area contributed by atoms with Crippen LogP contribution in [0.15, 0.2) is 18.2 Å². The van der Waals surface area contributed by atoms with Crippen molar-refractivity contribution in [2.75, 3.05) is 32.8 Å². The largest absolute Gasteiger partial charge is 0.381 e. The van der Waals surface area contributed by atoms with Crippen LogP contribution in [0, 0.1) is 11.6 Å². The summed E-state index contributed by atoms with van der Waals surface area (Å²) in [7, 11) is 0. The van der Waals surface area contributed by atoms with Gasteiger partial charge in [0.15, 0.2) is 0 Å². The first-order valence-corrected chi connectivity index (χ1v) is 8.60. The number of ether oxygens (including phenoxy) is 1. The van der Waals surface area contributed by atoms with Crippen molar-refractivity contribution in [2.24, 2.45) is 0 Å². The van der Waals surface area contributed by atoms with Crippen molar-refractivity contribution in [1.82, 2.24) is 9.80 Å². The molecular formula is C18H24F2N2O2. The fraction of sp³-hybridized carbons (Fsp3) is 0.611. The predicted octanol–water partition coefficient (Wildman–Crippen LogP) is 2.22. The maximum atomic E-state index is 13.7. The molecule has 0 unspecified atom stereocenters. The summed E-state index contributed by atoms with van der Waals surface area (Å²) in [5.74, 6) is -1.19. The Labute approximate surface area is 141 Å². The molecule has 1 aromatic carbocycles. The van der Waals surface area contributed by atoms with Crippen LogP contribution in [0.2, 0.25) is 0 Å². The number of benzene rings is 1. The molecule has 0 aliphatic carbocycles. The minimum absolute atomic E-state index is 0.0747. The van der Waals surface area contributed by atoms with Gasteiger partial charge in [-0.3, -0.25) is 9.69 Å². The zero-order valence-electron chi connectivity index (χ0n) is 14.0. The molecule has 4 nitrogen and oxygen atoms in total. The Morgan fingerprint density at radius 3 is 2.71 bits per heavy atom. The van der Waals surface area contributed by atoms with E-state index in [0.29, 0.717) is 12.6 Å². The van der Waals surface area contributed by atoms with Crippen molar-refractivity contribution < 1.29 is 18.3 Å². The summed E-state index contributed by atoms with van der Waals surface area (Å²) < 4.78 is 32.4. The van der Waals surface area contributed by atoms with Gasteiger partial charge in [0.1, 0.15) is 11.6 Å². The molecule has 0 spiro atoms. The molecule has 0 saturated carbocycles. The molecule has 2 fully saturated rings. The van der Waals surface area contributed by atoms with E-state index in [9.17, 15) is 13.6 Å². The highest BCUT2D eigenvalue weighted by atomic mass is 19.1. The lowest BCUT2D eigenvalue weighted by Gasteiger charge is -2.44. The smallest absolute Gasteiger partial charge is 0.227 e. The molecule has 2 aliphatic heterocycles. The number of hydrogen-bond donors (Lipinski definition) is 0. The monoisotopic (exact) mass is 338 g/mol. The van der Waals surface area contributed by atoms with Crippen molar-refractivity contribution >= 4 is 5.91 Å². The van der Waals surface area contributed by atoms with Gasteiger partial charge >= 0.3 is 0 Å². The van der Waals surface area contributed by atoms with Crippen LogP contribution in [-0.2, 0) is 16.0 Å². The lowest BCUT2D eigenvalue weighted by atomic mass is 10.0. The van der Waals surface area contributed by atoms with Crippen LogP contribution in [0.5, 0.6) is 0 Å². The number of carbonyl (C=O) groups is 1. The second-order valence-corrected chi connectivity index (χ2v) is 6.69.